The smallest absolute Gasteiger partial charge is 0.255 e. The van der Waals surface area contributed by atoms with E-state index in [1.54, 1.807) is 18.5 Å². The van der Waals surface area contributed by atoms with Crippen LogP contribution < -0.4 is 26.4 Å². The quantitative estimate of drug-likeness (QED) is 0.374. The number of nitrogens with one attached hydrogen (secondary N) is 4. The lowest BCUT2D eigenvalue weighted by Gasteiger charge is -2.24. The number of amides is 5. The van der Waals surface area contributed by atoms with Crippen molar-refractivity contribution in [3.8, 4) is 5.75 Å². The van der Waals surface area contributed by atoms with E-state index >= 15 is 0 Å². The number of carbonyl (C=O) groups is 5. The summed E-state index contributed by atoms with van der Waals surface area (Å²) in [7, 11) is 0. The van der Waals surface area contributed by atoms with Crippen LogP contribution in [0.1, 0.15) is 46.4 Å². The van der Waals surface area contributed by atoms with E-state index in [0.717, 1.165) is 12.1 Å². The second kappa shape index (κ2) is 13.8. The topological polar surface area (TPSA) is 176 Å². The summed E-state index contributed by atoms with van der Waals surface area (Å²) < 4.78 is 19.5. The van der Waals surface area contributed by atoms with E-state index in [9.17, 15) is 28.4 Å². The van der Waals surface area contributed by atoms with Gasteiger partial charge in [0.05, 0.1) is 17.7 Å². The molecule has 2 heterocycles. The molecule has 2 aromatic rings. The fraction of sp³-hybridized carbons (Fsp3) is 0.400. The van der Waals surface area contributed by atoms with Crippen LogP contribution in [-0.4, -0.2) is 78.2 Å². The molecule has 0 spiro atoms. The lowest BCUT2D eigenvalue weighted by Crippen LogP contribution is -2.49. The van der Waals surface area contributed by atoms with Crippen LogP contribution in [0.15, 0.2) is 36.7 Å². The molecule has 1 aromatic heterocycles. The molecular weight excluding hydrogens is 499 g/mol. The van der Waals surface area contributed by atoms with Crippen molar-refractivity contribution in [2.45, 2.75) is 31.7 Å². The maximum atomic E-state index is 13.9. The van der Waals surface area contributed by atoms with E-state index < -0.39 is 29.6 Å². The molecule has 1 aromatic carbocycles. The number of nitrogens with zero attached hydrogens (tertiary/aromatic N) is 1. The van der Waals surface area contributed by atoms with Gasteiger partial charge in [0.2, 0.25) is 17.7 Å². The monoisotopic (exact) mass is 530 g/mol. The van der Waals surface area contributed by atoms with Gasteiger partial charge >= 0.3 is 0 Å². The summed E-state index contributed by atoms with van der Waals surface area (Å²) in [5, 5.41) is 7.88. The Bertz CT molecular complexity index is 1160. The molecule has 0 saturated carbocycles. The van der Waals surface area contributed by atoms with Crippen molar-refractivity contribution in [1.29, 1.82) is 0 Å². The Labute approximate surface area is 218 Å². The Morgan fingerprint density at radius 3 is 2.66 bits per heavy atom. The van der Waals surface area contributed by atoms with Gasteiger partial charge in [-0.15, -0.1) is 0 Å². The van der Waals surface area contributed by atoms with Gasteiger partial charge < -0.3 is 36.3 Å². The fourth-order valence-electron chi connectivity index (χ4n) is 3.86. The zero-order valence-corrected chi connectivity index (χ0v) is 20.8. The molecule has 0 bridgehead atoms. The third-order valence-electron chi connectivity index (χ3n) is 5.81. The van der Waals surface area contributed by atoms with Crippen LogP contribution in [0.3, 0.4) is 0 Å². The highest BCUT2D eigenvalue weighted by Crippen LogP contribution is 2.20. The number of halogens is 1. The van der Waals surface area contributed by atoms with Crippen LogP contribution in [-0.2, 0) is 14.4 Å². The molecule has 0 radical (unpaired) electrons. The number of H-pyrrole nitrogens is 1. The van der Waals surface area contributed by atoms with Crippen LogP contribution in [0, 0.1) is 5.82 Å². The summed E-state index contributed by atoms with van der Waals surface area (Å²) in [6.07, 6.45) is 3.44. The Kier molecular flexibility index (Phi) is 10.2. The number of primary amides is 1. The Hall–Kier alpha value is -4.42. The van der Waals surface area contributed by atoms with Crippen molar-refractivity contribution in [2.24, 2.45) is 5.73 Å². The standard InChI is InChI=1S/C25H31FN6O6/c26-17-3-5-20-18(14-17)23(35)31-19(4-6-21(27)33)24(36)30-9-12-32(25(37)16-7-8-28-15-16)11-1-2-22(34)29-10-13-38-20/h3,5,7-8,14-15,19,28H,1-2,4,6,9-13H2,(H2,27,33)(H,29,34)(H,30,36)(H,31,35)/t19-/m0/s1. The molecule has 0 saturated heterocycles. The van der Waals surface area contributed by atoms with E-state index in [-0.39, 0.29) is 75.2 Å². The number of hydrogen-bond acceptors (Lipinski definition) is 6. The molecule has 12 nitrogen and oxygen atoms in total. The third-order valence-corrected chi connectivity index (χ3v) is 5.81. The lowest BCUT2D eigenvalue weighted by molar-refractivity contribution is -0.123. The molecule has 1 aliphatic rings. The van der Waals surface area contributed by atoms with Crippen LogP contribution in [0.25, 0.3) is 0 Å². The molecule has 204 valence electrons. The number of nitrogens with two attached hydrogens (primary N) is 1. The SMILES string of the molecule is NC(=O)CC[C@@H]1NC(=O)c2cc(F)ccc2OCCNC(=O)CCCN(C(=O)c2cc[nH]c2)CCNC1=O. The fourth-order valence-corrected chi connectivity index (χ4v) is 3.86. The summed E-state index contributed by atoms with van der Waals surface area (Å²) in [6.45, 7) is 0.576. The number of aromatic nitrogens is 1. The van der Waals surface area contributed by atoms with Gasteiger partial charge in [0.25, 0.3) is 11.8 Å². The van der Waals surface area contributed by atoms with Crippen molar-refractivity contribution in [3.63, 3.8) is 0 Å². The number of carbonyl (C=O) groups excluding carboxylic acids is 5. The van der Waals surface area contributed by atoms with E-state index in [1.807, 2.05) is 0 Å². The molecule has 0 fully saturated rings. The normalized spacial score (nSPS) is 18.1. The molecular formula is C25H31FN6O6. The van der Waals surface area contributed by atoms with Crippen molar-refractivity contribution in [1.82, 2.24) is 25.8 Å². The molecule has 13 heteroatoms. The molecule has 3 rings (SSSR count). The number of ether oxygens (including phenoxy) is 1. The molecule has 1 atom stereocenters. The minimum atomic E-state index is -1.15. The molecule has 38 heavy (non-hydrogen) atoms. The van der Waals surface area contributed by atoms with Gasteiger partial charge in [0.1, 0.15) is 24.2 Å². The van der Waals surface area contributed by atoms with Crippen molar-refractivity contribution in [3.05, 3.63) is 53.6 Å². The van der Waals surface area contributed by atoms with Gasteiger partial charge in [-0.05, 0) is 37.1 Å². The lowest BCUT2D eigenvalue weighted by atomic mass is 10.1. The van der Waals surface area contributed by atoms with Gasteiger partial charge in [-0.25, -0.2) is 4.39 Å². The van der Waals surface area contributed by atoms with Gasteiger partial charge in [0, 0.05) is 44.9 Å². The Morgan fingerprint density at radius 1 is 1.11 bits per heavy atom. The first kappa shape index (κ1) is 28.2. The number of aromatic amines is 1. The van der Waals surface area contributed by atoms with Crippen molar-refractivity contribution in [2.75, 3.05) is 32.8 Å². The Morgan fingerprint density at radius 2 is 1.92 bits per heavy atom. The Balaban J connectivity index is 1.81. The van der Waals surface area contributed by atoms with Gasteiger partial charge in [-0.2, -0.15) is 0 Å². The summed E-state index contributed by atoms with van der Waals surface area (Å²) in [4.78, 5) is 66.8. The van der Waals surface area contributed by atoms with Gasteiger partial charge in [0.15, 0.2) is 0 Å². The maximum absolute atomic E-state index is 13.9. The van der Waals surface area contributed by atoms with E-state index in [2.05, 4.69) is 20.9 Å². The molecule has 5 amide bonds. The van der Waals surface area contributed by atoms with E-state index in [4.69, 9.17) is 10.5 Å². The first-order valence-electron chi connectivity index (χ1n) is 12.2. The minimum Gasteiger partial charge on any atom is -0.491 e. The van der Waals surface area contributed by atoms with Crippen molar-refractivity contribution >= 4 is 29.5 Å². The molecule has 6 N–H and O–H groups in total. The van der Waals surface area contributed by atoms with Crippen LogP contribution >= 0.6 is 0 Å². The average molecular weight is 531 g/mol. The highest BCUT2D eigenvalue weighted by Gasteiger charge is 2.25. The predicted octanol–water partition coefficient (Wildman–Crippen LogP) is 0.0651. The minimum absolute atomic E-state index is 0.00133. The molecule has 0 unspecified atom stereocenters. The number of benzene rings is 1. The number of hydrogen-bond donors (Lipinski definition) is 5. The zero-order chi connectivity index (χ0) is 27.5. The summed E-state index contributed by atoms with van der Waals surface area (Å²) >= 11 is 0. The average Bonchev–Trinajstić information content (AvgIpc) is 3.42. The largest absolute Gasteiger partial charge is 0.491 e. The number of fused-ring (bicyclic) bond motifs is 1. The van der Waals surface area contributed by atoms with Crippen LogP contribution in [0.4, 0.5) is 4.39 Å². The van der Waals surface area contributed by atoms with E-state index in [0.29, 0.717) is 12.0 Å². The number of rotatable bonds is 4. The maximum Gasteiger partial charge on any atom is 0.255 e. The summed E-state index contributed by atoms with van der Waals surface area (Å²) in [6, 6.07) is 3.83. The van der Waals surface area contributed by atoms with Crippen LogP contribution in [0.2, 0.25) is 0 Å². The first-order chi connectivity index (χ1) is 18.2. The van der Waals surface area contributed by atoms with Crippen LogP contribution in [0.5, 0.6) is 5.75 Å². The van der Waals surface area contributed by atoms with E-state index in [1.165, 1.54) is 11.0 Å². The van der Waals surface area contributed by atoms with Gasteiger partial charge in [-0.3, -0.25) is 24.0 Å². The summed E-state index contributed by atoms with van der Waals surface area (Å²) in [5.41, 5.74) is 5.51. The zero-order valence-electron chi connectivity index (χ0n) is 20.8. The first-order valence-corrected chi connectivity index (χ1v) is 12.2. The second-order valence-electron chi connectivity index (χ2n) is 8.66. The van der Waals surface area contributed by atoms with Gasteiger partial charge in [-0.1, -0.05) is 0 Å². The third kappa shape index (κ3) is 8.32. The predicted molar refractivity (Wildman–Crippen MR) is 134 cm³/mol. The highest BCUT2D eigenvalue weighted by atomic mass is 19.1. The molecule has 0 aliphatic carbocycles. The molecule has 1 aliphatic heterocycles. The highest BCUT2D eigenvalue weighted by molar-refractivity contribution is 6.00. The summed E-state index contributed by atoms with van der Waals surface area (Å²) in [5.74, 6) is -3.21. The van der Waals surface area contributed by atoms with Crippen molar-refractivity contribution < 1.29 is 33.1 Å². The second-order valence-corrected chi connectivity index (χ2v) is 8.66.